The Morgan fingerprint density at radius 3 is 2.85 bits per heavy atom. The summed E-state index contributed by atoms with van der Waals surface area (Å²) >= 11 is 0. The molecule has 0 saturated carbocycles. The molecule has 1 aromatic heterocycles. The van der Waals surface area contributed by atoms with E-state index in [2.05, 4.69) is 24.1 Å². The van der Waals surface area contributed by atoms with Crippen LogP contribution in [0.2, 0.25) is 0 Å². The summed E-state index contributed by atoms with van der Waals surface area (Å²) in [5.41, 5.74) is 7.94. The first-order valence-corrected chi connectivity index (χ1v) is 7.23. The summed E-state index contributed by atoms with van der Waals surface area (Å²) in [6, 6.07) is 7.50. The van der Waals surface area contributed by atoms with E-state index in [1.54, 1.807) is 0 Å². The van der Waals surface area contributed by atoms with Crippen molar-refractivity contribution in [3.8, 4) is 0 Å². The molecule has 0 fully saturated rings. The molecule has 0 radical (unpaired) electrons. The van der Waals surface area contributed by atoms with E-state index in [-0.39, 0.29) is 5.91 Å². The Hall–Kier alpha value is -1.97. The minimum Gasteiger partial charge on any atom is -0.397 e. The van der Waals surface area contributed by atoms with Gasteiger partial charge >= 0.3 is 0 Å². The summed E-state index contributed by atoms with van der Waals surface area (Å²) in [6.45, 7) is 5.15. The maximum absolute atomic E-state index is 12.0. The molecular weight excluding hydrogens is 250 g/mol. The second-order valence-corrected chi connectivity index (χ2v) is 5.64. The van der Waals surface area contributed by atoms with Crippen LogP contribution < -0.4 is 11.1 Å². The molecule has 2 aromatic rings. The molecule has 4 heteroatoms. The van der Waals surface area contributed by atoms with Gasteiger partial charge in [-0.25, -0.2) is 0 Å². The number of unbranched alkanes of at least 4 members (excludes halogenated alkanes) is 1. The number of rotatable bonds is 6. The summed E-state index contributed by atoms with van der Waals surface area (Å²) < 4.78 is 0. The Bertz CT molecular complexity index is 586. The first-order valence-electron chi connectivity index (χ1n) is 7.23. The molecule has 0 aliphatic carbocycles. The molecule has 2 rings (SSSR count). The average Bonchev–Trinajstić information content (AvgIpc) is 2.83. The monoisotopic (exact) mass is 273 g/mol. The fourth-order valence-electron chi connectivity index (χ4n) is 2.28. The number of nitrogens with one attached hydrogen (secondary N) is 2. The predicted octanol–water partition coefficient (Wildman–Crippen LogP) is 3.31. The van der Waals surface area contributed by atoms with Gasteiger partial charge in [0.25, 0.3) is 5.91 Å². The van der Waals surface area contributed by atoms with Gasteiger partial charge in [-0.05, 0) is 24.5 Å². The van der Waals surface area contributed by atoms with Crippen LogP contribution in [0.5, 0.6) is 0 Å². The van der Waals surface area contributed by atoms with E-state index >= 15 is 0 Å². The number of carbonyl (C=O) groups excluding carboxylic acids is 1. The van der Waals surface area contributed by atoms with Crippen molar-refractivity contribution >= 4 is 22.5 Å². The number of amides is 1. The van der Waals surface area contributed by atoms with E-state index in [4.69, 9.17) is 5.73 Å². The van der Waals surface area contributed by atoms with E-state index in [0.29, 0.717) is 11.4 Å². The second-order valence-electron chi connectivity index (χ2n) is 5.64. The second kappa shape index (κ2) is 6.46. The van der Waals surface area contributed by atoms with Gasteiger partial charge < -0.3 is 16.0 Å². The van der Waals surface area contributed by atoms with Crippen LogP contribution in [0.25, 0.3) is 10.9 Å². The third kappa shape index (κ3) is 3.53. The van der Waals surface area contributed by atoms with Crippen molar-refractivity contribution in [2.75, 3.05) is 12.3 Å². The normalized spacial score (nSPS) is 11.2. The Balaban J connectivity index is 1.90. The van der Waals surface area contributed by atoms with Crippen LogP contribution in [0.3, 0.4) is 0 Å². The molecule has 20 heavy (non-hydrogen) atoms. The SMILES string of the molecule is CC(C)CCCCNC(=O)c1cc2cccc(N)c2[nH]1. The first-order chi connectivity index (χ1) is 9.58. The fourth-order valence-corrected chi connectivity index (χ4v) is 2.28. The van der Waals surface area contributed by atoms with Crippen molar-refractivity contribution < 1.29 is 4.79 Å². The predicted molar refractivity (Wildman–Crippen MR) is 83.7 cm³/mol. The lowest BCUT2D eigenvalue weighted by Crippen LogP contribution is -2.24. The van der Waals surface area contributed by atoms with E-state index in [1.165, 1.54) is 6.42 Å². The van der Waals surface area contributed by atoms with Crippen LogP contribution >= 0.6 is 0 Å². The van der Waals surface area contributed by atoms with E-state index in [9.17, 15) is 4.79 Å². The lowest BCUT2D eigenvalue weighted by Gasteiger charge is -2.05. The number of nitrogens with two attached hydrogens (primary N) is 1. The highest BCUT2D eigenvalue weighted by Gasteiger charge is 2.09. The summed E-state index contributed by atoms with van der Waals surface area (Å²) in [5.74, 6) is 0.660. The summed E-state index contributed by atoms with van der Waals surface area (Å²) in [7, 11) is 0. The number of fused-ring (bicyclic) bond motifs is 1. The number of hydrogen-bond acceptors (Lipinski definition) is 2. The number of aromatic amines is 1. The topological polar surface area (TPSA) is 70.9 Å². The fraction of sp³-hybridized carbons (Fsp3) is 0.438. The minimum atomic E-state index is -0.0647. The smallest absolute Gasteiger partial charge is 0.267 e. The van der Waals surface area contributed by atoms with Crippen molar-refractivity contribution in [3.05, 3.63) is 30.0 Å². The Kier molecular flexibility index (Phi) is 4.66. The molecule has 0 spiro atoms. The number of hydrogen-bond donors (Lipinski definition) is 3. The molecule has 4 N–H and O–H groups in total. The Labute approximate surface area is 119 Å². The number of anilines is 1. The molecule has 0 aliphatic rings. The van der Waals surface area contributed by atoms with E-state index < -0.39 is 0 Å². The molecule has 1 amide bonds. The highest BCUT2D eigenvalue weighted by Crippen LogP contribution is 2.20. The van der Waals surface area contributed by atoms with Crippen LogP contribution in [-0.4, -0.2) is 17.4 Å². The van der Waals surface area contributed by atoms with Gasteiger partial charge in [0.05, 0.1) is 11.2 Å². The molecule has 4 nitrogen and oxygen atoms in total. The molecule has 1 heterocycles. The number of aromatic nitrogens is 1. The molecule has 0 aliphatic heterocycles. The summed E-state index contributed by atoms with van der Waals surface area (Å²) in [4.78, 5) is 15.1. The van der Waals surface area contributed by atoms with E-state index in [1.807, 2.05) is 24.3 Å². The van der Waals surface area contributed by atoms with Crippen molar-refractivity contribution in [1.82, 2.24) is 10.3 Å². The van der Waals surface area contributed by atoms with Gasteiger partial charge in [-0.1, -0.05) is 38.8 Å². The van der Waals surface area contributed by atoms with Gasteiger partial charge in [-0.15, -0.1) is 0 Å². The van der Waals surface area contributed by atoms with Crippen LogP contribution in [0.15, 0.2) is 24.3 Å². The highest BCUT2D eigenvalue weighted by molar-refractivity contribution is 6.00. The number of para-hydroxylation sites is 1. The van der Waals surface area contributed by atoms with Gasteiger partial charge in [-0.3, -0.25) is 4.79 Å². The Morgan fingerprint density at radius 2 is 2.15 bits per heavy atom. The van der Waals surface area contributed by atoms with Gasteiger partial charge in [0.15, 0.2) is 0 Å². The molecule has 108 valence electrons. The van der Waals surface area contributed by atoms with Crippen LogP contribution in [0.4, 0.5) is 5.69 Å². The largest absolute Gasteiger partial charge is 0.397 e. The van der Waals surface area contributed by atoms with Gasteiger partial charge in [0.2, 0.25) is 0 Å². The molecule has 0 bridgehead atoms. The van der Waals surface area contributed by atoms with E-state index in [0.717, 1.165) is 36.2 Å². The molecule has 0 unspecified atom stereocenters. The number of nitrogen functional groups attached to an aromatic ring is 1. The molecular formula is C16H23N3O. The maximum atomic E-state index is 12.0. The van der Waals surface area contributed by atoms with Gasteiger partial charge in [0.1, 0.15) is 5.69 Å². The number of H-pyrrole nitrogens is 1. The lowest BCUT2D eigenvalue weighted by atomic mass is 10.1. The quantitative estimate of drug-likeness (QED) is 0.558. The van der Waals surface area contributed by atoms with Crippen LogP contribution in [-0.2, 0) is 0 Å². The van der Waals surface area contributed by atoms with Crippen molar-refractivity contribution in [1.29, 1.82) is 0 Å². The highest BCUT2D eigenvalue weighted by atomic mass is 16.1. The maximum Gasteiger partial charge on any atom is 0.267 e. The zero-order valence-electron chi connectivity index (χ0n) is 12.2. The van der Waals surface area contributed by atoms with Crippen molar-refractivity contribution in [2.45, 2.75) is 33.1 Å². The minimum absolute atomic E-state index is 0.0647. The van der Waals surface area contributed by atoms with Crippen molar-refractivity contribution in [3.63, 3.8) is 0 Å². The first kappa shape index (κ1) is 14.4. The third-order valence-corrected chi connectivity index (χ3v) is 3.43. The standard InChI is InChI=1S/C16H23N3O/c1-11(2)6-3-4-9-18-16(20)14-10-12-7-5-8-13(17)15(12)19-14/h5,7-8,10-11,19H,3-4,6,9,17H2,1-2H3,(H,18,20). The molecule has 0 atom stereocenters. The zero-order chi connectivity index (χ0) is 14.5. The lowest BCUT2D eigenvalue weighted by molar-refractivity contribution is 0.0948. The van der Waals surface area contributed by atoms with Gasteiger partial charge in [-0.2, -0.15) is 0 Å². The van der Waals surface area contributed by atoms with Gasteiger partial charge in [0, 0.05) is 11.9 Å². The molecule has 0 saturated heterocycles. The third-order valence-electron chi connectivity index (χ3n) is 3.43. The van der Waals surface area contributed by atoms with Crippen molar-refractivity contribution in [2.24, 2.45) is 5.92 Å². The number of benzene rings is 1. The number of carbonyl (C=O) groups is 1. The summed E-state index contributed by atoms with van der Waals surface area (Å²) in [5, 5.41) is 3.91. The molecule has 1 aromatic carbocycles. The summed E-state index contributed by atoms with van der Waals surface area (Å²) in [6.07, 6.45) is 3.38. The zero-order valence-corrected chi connectivity index (χ0v) is 12.2. The average molecular weight is 273 g/mol. The van der Waals surface area contributed by atoms with Crippen LogP contribution in [0.1, 0.15) is 43.6 Å². The van der Waals surface area contributed by atoms with Crippen LogP contribution in [0, 0.1) is 5.92 Å². The Morgan fingerprint density at radius 1 is 1.35 bits per heavy atom.